The maximum Gasteiger partial charge on any atom is 0.416 e. The highest BCUT2D eigenvalue weighted by molar-refractivity contribution is 7.92. The number of pyridine rings is 1. The van der Waals surface area contributed by atoms with Gasteiger partial charge in [-0.1, -0.05) is 30.3 Å². The van der Waals surface area contributed by atoms with Crippen molar-refractivity contribution in [2.45, 2.75) is 17.6 Å². The number of carboxylic acid groups (broad SMARTS) is 1. The number of ether oxygens (including phenoxy) is 1. The van der Waals surface area contributed by atoms with E-state index in [9.17, 15) is 31.5 Å². The van der Waals surface area contributed by atoms with Gasteiger partial charge in [-0.25, -0.2) is 19.1 Å². The van der Waals surface area contributed by atoms with E-state index in [0.29, 0.717) is 17.4 Å². The first-order valence-corrected chi connectivity index (χ1v) is 12.2. The molecule has 0 atom stereocenters. The number of methoxy groups -OCH3 is 1. The van der Waals surface area contributed by atoms with Crippen molar-refractivity contribution >= 4 is 32.6 Å². The SMILES string of the molecule is COc1ccc(S(=O)(=O)N(Cc2ccccc2)c2c(C(=O)O)cnc3ccc(C(F)(F)F)cc23)cc1.NO. The molecule has 0 radical (unpaired) electrons. The zero-order valence-corrected chi connectivity index (χ0v) is 20.6. The number of aromatic nitrogens is 1. The summed E-state index contributed by atoms with van der Waals surface area (Å²) in [7, 11) is -3.06. The number of carbonyl (C=O) groups is 1. The number of nitrogens with two attached hydrogens (primary N) is 1. The first kappa shape index (κ1) is 28.4. The molecule has 4 N–H and O–H groups in total. The molecule has 4 rings (SSSR count). The summed E-state index contributed by atoms with van der Waals surface area (Å²) in [4.78, 5) is 15.9. The Morgan fingerprint density at radius 3 is 2.21 bits per heavy atom. The van der Waals surface area contributed by atoms with E-state index in [4.69, 9.17) is 9.94 Å². The van der Waals surface area contributed by atoms with Crippen molar-refractivity contribution in [2.24, 2.45) is 5.90 Å². The number of sulfonamides is 1. The molecular formula is C25H22F3N3O6S. The van der Waals surface area contributed by atoms with E-state index >= 15 is 0 Å². The number of fused-ring (bicyclic) bond motifs is 1. The number of nitrogens with zero attached hydrogens (tertiary/aromatic N) is 2. The Morgan fingerprint density at radius 2 is 1.66 bits per heavy atom. The van der Waals surface area contributed by atoms with Crippen LogP contribution >= 0.6 is 0 Å². The van der Waals surface area contributed by atoms with Gasteiger partial charge in [-0.2, -0.15) is 13.2 Å². The summed E-state index contributed by atoms with van der Waals surface area (Å²) in [6.07, 6.45) is -3.81. The molecule has 38 heavy (non-hydrogen) atoms. The van der Waals surface area contributed by atoms with Gasteiger partial charge in [0.15, 0.2) is 0 Å². The number of anilines is 1. The lowest BCUT2D eigenvalue weighted by Gasteiger charge is -2.27. The van der Waals surface area contributed by atoms with Gasteiger partial charge in [0.2, 0.25) is 0 Å². The van der Waals surface area contributed by atoms with Crippen LogP contribution in [0.25, 0.3) is 10.9 Å². The molecule has 1 aromatic heterocycles. The van der Waals surface area contributed by atoms with Crippen LogP contribution < -0.4 is 14.9 Å². The van der Waals surface area contributed by atoms with Crippen molar-refractivity contribution in [2.75, 3.05) is 11.4 Å². The molecule has 0 bridgehead atoms. The Kier molecular flexibility index (Phi) is 8.56. The van der Waals surface area contributed by atoms with Crippen LogP contribution in [0.3, 0.4) is 0 Å². The predicted octanol–water partition coefficient (Wildman–Crippen LogP) is 4.69. The van der Waals surface area contributed by atoms with Crippen molar-refractivity contribution < 1.29 is 41.4 Å². The molecule has 0 unspecified atom stereocenters. The van der Waals surface area contributed by atoms with Gasteiger partial charge in [-0.05, 0) is 48.0 Å². The Labute approximate surface area is 215 Å². The highest BCUT2D eigenvalue weighted by atomic mass is 32.2. The third-order valence-electron chi connectivity index (χ3n) is 5.46. The van der Waals surface area contributed by atoms with Crippen LogP contribution in [-0.4, -0.2) is 36.8 Å². The zero-order chi connectivity index (χ0) is 28.1. The molecular weight excluding hydrogens is 527 g/mol. The van der Waals surface area contributed by atoms with Crippen LogP contribution in [0.2, 0.25) is 0 Å². The summed E-state index contributed by atoms with van der Waals surface area (Å²) < 4.78 is 74.3. The fraction of sp³-hybridized carbons (Fsp3) is 0.120. The second kappa shape index (κ2) is 11.5. The average Bonchev–Trinajstić information content (AvgIpc) is 2.92. The number of alkyl halides is 3. The number of hydrogen-bond acceptors (Lipinski definition) is 7. The van der Waals surface area contributed by atoms with Gasteiger partial charge < -0.3 is 15.1 Å². The van der Waals surface area contributed by atoms with Crippen LogP contribution in [0.5, 0.6) is 5.75 Å². The lowest BCUT2D eigenvalue weighted by molar-refractivity contribution is -0.137. The molecule has 0 aliphatic carbocycles. The number of benzene rings is 3. The molecule has 200 valence electrons. The van der Waals surface area contributed by atoms with E-state index in [2.05, 4.69) is 10.9 Å². The van der Waals surface area contributed by atoms with Gasteiger partial charge >= 0.3 is 12.1 Å². The van der Waals surface area contributed by atoms with Crippen LogP contribution in [-0.2, 0) is 22.7 Å². The van der Waals surface area contributed by atoms with Crippen molar-refractivity contribution in [3.8, 4) is 5.75 Å². The van der Waals surface area contributed by atoms with Gasteiger partial charge in [-0.3, -0.25) is 9.29 Å². The van der Waals surface area contributed by atoms with Gasteiger partial charge in [0, 0.05) is 11.6 Å². The minimum absolute atomic E-state index is 0.00555. The maximum absolute atomic E-state index is 13.9. The molecule has 4 aromatic rings. The number of aromatic carboxylic acids is 1. The molecule has 1 heterocycles. The van der Waals surface area contributed by atoms with Crippen molar-refractivity contribution in [1.29, 1.82) is 0 Å². The quantitative estimate of drug-likeness (QED) is 0.282. The van der Waals surface area contributed by atoms with Crippen LogP contribution in [0.4, 0.5) is 18.9 Å². The first-order valence-electron chi connectivity index (χ1n) is 10.7. The monoisotopic (exact) mass is 549 g/mol. The van der Waals surface area contributed by atoms with Gasteiger partial charge in [0.1, 0.15) is 11.3 Å². The average molecular weight is 550 g/mol. The molecule has 0 aliphatic heterocycles. The highest BCUT2D eigenvalue weighted by Crippen LogP contribution is 2.38. The van der Waals surface area contributed by atoms with E-state index in [1.54, 1.807) is 30.3 Å². The fourth-order valence-electron chi connectivity index (χ4n) is 3.69. The van der Waals surface area contributed by atoms with Gasteiger partial charge in [-0.15, -0.1) is 0 Å². The van der Waals surface area contributed by atoms with Crippen LogP contribution in [0.15, 0.2) is 83.9 Å². The van der Waals surface area contributed by atoms with Crippen molar-refractivity contribution in [3.63, 3.8) is 0 Å². The molecule has 0 amide bonds. The summed E-state index contributed by atoms with van der Waals surface area (Å²) in [5, 5.41) is 16.1. The number of halogens is 3. The molecule has 13 heteroatoms. The molecule has 9 nitrogen and oxygen atoms in total. The third-order valence-corrected chi connectivity index (χ3v) is 7.22. The van der Waals surface area contributed by atoms with E-state index in [-0.39, 0.29) is 22.3 Å². The smallest absolute Gasteiger partial charge is 0.416 e. The van der Waals surface area contributed by atoms with E-state index in [1.807, 2.05) is 0 Å². The highest BCUT2D eigenvalue weighted by Gasteiger charge is 2.34. The van der Waals surface area contributed by atoms with Crippen molar-refractivity contribution in [1.82, 2.24) is 4.98 Å². The lowest BCUT2D eigenvalue weighted by Crippen LogP contribution is -2.32. The fourth-order valence-corrected chi connectivity index (χ4v) is 5.18. The zero-order valence-electron chi connectivity index (χ0n) is 19.8. The minimum atomic E-state index is -4.75. The summed E-state index contributed by atoms with van der Waals surface area (Å²) in [6, 6.07) is 16.3. The topological polar surface area (TPSA) is 143 Å². The van der Waals surface area contributed by atoms with Gasteiger partial charge in [0.05, 0.1) is 35.3 Å². The molecule has 0 fully saturated rings. The number of rotatable bonds is 7. The lowest BCUT2D eigenvalue weighted by atomic mass is 10.1. The summed E-state index contributed by atoms with van der Waals surface area (Å²) in [6.45, 7) is -0.342. The van der Waals surface area contributed by atoms with E-state index in [1.165, 1.54) is 31.4 Å². The Bertz CT molecular complexity index is 1530. The second-order valence-electron chi connectivity index (χ2n) is 7.73. The summed E-state index contributed by atoms with van der Waals surface area (Å²) in [5.41, 5.74) is -1.55. The molecule has 0 aliphatic rings. The molecule has 0 spiro atoms. The normalized spacial score (nSPS) is 11.4. The number of carboxylic acids is 1. The second-order valence-corrected chi connectivity index (χ2v) is 9.59. The third kappa shape index (κ3) is 5.85. The van der Waals surface area contributed by atoms with Crippen LogP contribution in [0.1, 0.15) is 21.5 Å². The largest absolute Gasteiger partial charge is 0.497 e. The van der Waals surface area contributed by atoms with E-state index < -0.39 is 39.0 Å². The number of hydrogen-bond donors (Lipinski definition) is 3. The molecule has 0 saturated carbocycles. The Balaban J connectivity index is 0.00000195. The maximum atomic E-state index is 13.9. The Hall–Kier alpha value is -4.20. The molecule has 3 aromatic carbocycles. The van der Waals surface area contributed by atoms with Crippen molar-refractivity contribution in [3.05, 3.63) is 95.7 Å². The summed E-state index contributed by atoms with van der Waals surface area (Å²) >= 11 is 0. The summed E-state index contributed by atoms with van der Waals surface area (Å²) in [5.74, 6) is 2.35. The van der Waals surface area contributed by atoms with E-state index in [0.717, 1.165) is 22.6 Å². The standard InChI is InChI=1S/C25H19F3N2O5S.H3NO/c1-35-18-8-10-19(11-9-18)36(33,34)30(15-16-5-3-2-4-6-16)23-20-13-17(25(26,27)28)7-12-22(20)29-14-21(23)24(31)32;1-2/h2-14H,15H2,1H3,(H,31,32);2H,1H2. The predicted molar refractivity (Wildman–Crippen MR) is 132 cm³/mol. The van der Waals surface area contributed by atoms with Gasteiger partial charge in [0.25, 0.3) is 10.0 Å². The molecule has 0 saturated heterocycles. The first-order chi connectivity index (χ1) is 18.0. The minimum Gasteiger partial charge on any atom is -0.497 e. The van der Waals surface area contributed by atoms with Crippen LogP contribution in [0, 0.1) is 0 Å². The Morgan fingerprint density at radius 1 is 1.03 bits per heavy atom.